The summed E-state index contributed by atoms with van der Waals surface area (Å²) >= 11 is 1.57. The van der Waals surface area contributed by atoms with E-state index in [1.54, 1.807) is 11.3 Å². The standard InChI is InChI=1S/C19H23N3O2S/c1-13-7-8-14(24-13)12-22(2)10-9-18(23)21-19-16(11-20)15-5-3-4-6-17(15)25-19/h7-8H,3-6,9-10,12H2,1-2H3,(H,21,23). The van der Waals surface area contributed by atoms with Crippen LogP contribution >= 0.6 is 11.3 Å². The van der Waals surface area contributed by atoms with E-state index >= 15 is 0 Å². The molecule has 2 heterocycles. The monoisotopic (exact) mass is 357 g/mol. The summed E-state index contributed by atoms with van der Waals surface area (Å²) in [6, 6.07) is 6.18. The Morgan fingerprint density at radius 2 is 2.20 bits per heavy atom. The van der Waals surface area contributed by atoms with E-state index in [0.29, 0.717) is 25.1 Å². The molecule has 0 fully saturated rings. The average Bonchev–Trinajstić information content (AvgIpc) is 3.15. The summed E-state index contributed by atoms with van der Waals surface area (Å²) < 4.78 is 5.56. The van der Waals surface area contributed by atoms with Gasteiger partial charge in [-0.25, -0.2) is 0 Å². The van der Waals surface area contributed by atoms with Crippen molar-refractivity contribution in [3.05, 3.63) is 39.7 Å². The van der Waals surface area contributed by atoms with Gasteiger partial charge in [-0.1, -0.05) is 0 Å². The molecule has 0 aromatic carbocycles. The zero-order valence-corrected chi connectivity index (χ0v) is 15.5. The van der Waals surface area contributed by atoms with Crippen molar-refractivity contribution in [2.24, 2.45) is 0 Å². The number of hydrogen-bond acceptors (Lipinski definition) is 5. The van der Waals surface area contributed by atoms with Crippen molar-refractivity contribution in [1.82, 2.24) is 4.90 Å². The Hall–Kier alpha value is -2.10. The highest BCUT2D eigenvalue weighted by molar-refractivity contribution is 7.16. The molecule has 0 saturated heterocycles. The lowest BCUT2D eigenvalue weighted by atomic mass is 9.96. The van der Waals surface area contributed by atoms with Crippen LogP contribution in [0.5, 0.6) is 0 Å². The number of fused-ring (bicyclic) bond motifs is 1. The quantitative estimate of drug-likeness (QED) is 0.852. The number of anilines is 1. The Morgan fingerprint density at radius 3 is 2.92 bits per heavy atom. The molecule has 0 saturated carbocycles. The molecule has 0 aliphatic heterocycles. The lowest BCUT2D eigenvalue weighted by Crippen LogP contribution is -2.23. The number of furan rings is 1. The van der Waals surface area contributed by atoms with Crippen LogP contribution in [0.2, 0.25) is 0 Å². The van der Waals surface area contributed by atoms with Crippen LogP contribution in [-0.4, -0.2) is 24.4 Å². The number of amides is 1. The molecule has 1 amide bonds. The van der Waals surface area contributed by atoms with E-state index in [-0.39, 0.29) is 5.91 Å². The fourth-order valence-electron chi connectivity index (χ4n) is 3.17. The van der Waals surface area contributed by atoms with E-state index in [4.69, 9.17) is 4.42 Å². The molecule has 25 heavy (non-hydrogen) atoms. The number of nitrogens with one attached hydrogen (secondary N) is 1. The third kappa shape index (κ3) is 4.30. The number of hydrogen-bond donors (Lipinski definition) is 1. The Kier molecular flexibility index (Phi) is 5.57. The predicted octanol–water partition coefficient (Wildman–Crippen LogP) is 3.86. The molecule has 2 aromatic rings. The van der Waals surface area contributed by atoms with E-state index in [2.05, 4.69) is 16.3 Å². The normalized spacial score (nSPS) is 13.5. The van der Waals surface area contributed by atoms with Gasteiger partial charge in [-0.3, -0.25) is 9.69 Å². The number of nitrogens with zero attached hydrogens (tertiary/aromatic N) is 2. The van der Waals surface area contributed by atoms with Crippen molar-refractivity contribution < 1.29 is 9.21 Å². The molecule has 6 heteroatoms. The highest BCUT2D eigenvalue weighted by Crippen LogP contribution is 2.37. The van der Waals surface area contributed by atoms with Gasteiger partial charge in [0.25, 0.3) is 0 Å². The van der Waals surface area contributed by atoms with Crippen molar-refractivity contribution in [3.63, 3.8) is 0 Å². The largest absolute Gasteiger partial charge is 0.465 e. The van der Waals surface area contributed by atoms with Crippen LogP contribution in [0.25, 0.3) is 0 Å². The van der Waals surface area contributed by atoms with E-state index in [1.807, 2.05) is 26.1 Å². The van der Waals surface area contributed by atoms with E-state index in [0.717, 1.165) is 41.3 Å². The van der Waals surface area contributed by atoms with Gasteiger partial charge in [0.05, 0.1) is 12.1 Å². The minimum atomic E-state index is -0.0439. The van der Waals surface area contributed by atoms with Crippen molar-refractivity contribution in [2.45, 2.75) is 45.6 Å². The highest BCUT2D eigenvalue weighted by Gasteiger charge is 2.21. The second kappa shape index (κ2) is 7.85. The summed E-state index contributed by atoms with van der Waals surface area (Å²) in [6.07, 6.45) is 4.67. The molecular weight excluding hydrogens is 334 g/mol. The summed E-state index contributed by atoms with van der Waals surface area (Å²) in [7, 11) is 1.97. The summed E-state index contributed by atoms with van der Waals surface area (Å²) in [4.78, 5) is 15.6. The van der Waals surface area contributed by atoms with Gasteiger partial charge >= 0.3 is 0 Å². The molecular formula is C19H23N3O2S. The first kappa shape index (κ1) is 17.7. The minimum Gasteiger partial charge on any atom is -0.465 e. The molecule has 5 nitrogen and oxygen atoms in total. The van der Waals surface area contributed by atoms with Gasteiger partial charge in [0.2, 0.25) is 5.91 Å². The van der Waals surface area contributed by atoms with Crippen molar-refractivity contribution >= 4 is 22.2 Å². The maximum atomic E-state index is 12.3. The van der Waals surface area contributed by atoms with Gasteiger partial charge in [-0.15, -0.1) is 11.3 Å². The summed E-state index contributed by atoms with van der Waals surface area (Å²) in [5.41, 5.74) is 1.83. The van der Waals surface area contributed by atoms with Crippen LogP contribution in [0, 0.1) is 18.3 Å². The summed E-state index contributed by atoms with van der Waals surface area (Å²) in [5.74, 6) is 1.75. The lowest BCUT2D eigenvalue weighted by Gasteiger charge is -2.14. The topological polar surface area (TPSA) is 69.3 Å². The van der Waals surface area contributed by atoms with E-state index < -0.39 is 0 Å². The smallest absolute Gasteiger partial charge is 0.226 e. The van der Waals surface area contributed by atoms with Crippen molar-refractivity contribution in [3.8, 4) is 6.07 Å². The fourth-order valence-corrected chi connectivity index (χ4v) is 4.42. The van der Waals surface area contributed by atoms with Gasteiger partial charge < -0.3 is 9.73 Å². The maximum Gasteiger partial charge on any atom is 0.226 e. The number of carbonyl (C=O) groups is 1. The predicted molar refractivity (Wildman–Crippen MR) is 98.7 cm³/mol. The zero-order valence-electron chi connectivity index (χ0n) is 14.7. The zero-order chi connectivity index (χ0) is 17.8. The third-order valence-electron chi connectivity index (χ3n) is 4.48. The first-order valence-corrected chi connectivity index (χ1v) is 9.47. The molecule has 1 N–H and O–H groups in total. The Labute approximate surface area is 152 Å². The molecule has 0 unspecified atom stereocenters. The number of rotatable bonds is 6. The number of aryl methyl sites for hydroxylation is 2. The summed E-state index contributed by atoms with van der Waals surface area (Å²) in [6.45, 7) is 3.24. The van der Waals surface area contributed by atoms with Crippen LogP contribution in [-0.2, 0) is 24.2 Å². The number of carbonyl (C=O) groups excluding carboxylic acids is 1. The molecule has 1 aliphatic rings. The average molecular weight is 357 g/mol. The van der Waals surface area contributed by atoms with Gasteiger partial charge in [-0.05, 0) is 57.4 Å². The molecule has 132 valence electrons. The molecule has 3 rings (SSSR count). The first-order valence-electron chi connectivity index (χ1n) is 8.65. The van der Waals surface area contributed by atoms with Gasteiger partial charge in [-0.2, -0.15) is 5.26 Å². The van der Waals surface area contributed by atoms with E-state index in [1.165, 1.54) is 11.3 Å². The van der Waals surface area contributed by atoms with Crippen molar-refractivity contribution in [1.29, 1.82) is 5.26 Å². The molecule has 0 atom stereocenters. The minimum absolute atomic E-state index is 0.0439. The Balaban J connectivity index is 1.54. The van der Waals surface area contributed by atoms with Crippen molar-refractivity contribution in [2.75, 3.05) is 18.9 Å². The van der Waals surface area contributed by atoms with Crippen LogP contribution in [0.1, 0.15) is 46.8 Å². The molecule has 0 bridgehead atoms. The SMILES string of the molecule is Cc1ccc(CN(C)CCC(=O)Nc2sc3c(c2C#N)CCCC3)o1. The highest BCUT2D eigenvalue weighted by atomic mass is 32.1. The van der Waals surface area contributed by atoms with Gasteiger partial charge in [0.15, 0.2) is 0 Å². The van der Waals surface area contributed by atoms with Crippen LogP contribution < -0.4 is 5.32 Å². The molecule has 0 spiro atoms. The van der Waals surface area contributed by atoms with Crippen LogP contribution in [0.3, 0.4) is 0 Å². The molecule has 1 aliphatic carbocycles. The van der Waals surface area contributed by atoms with Crippen LogP contribution in [0.15, 0.2) is 16.5 Å². The molecule has 0 radical (unpaired) electrons. The lowest BCUT2D eigenvalue weighted by molar-refractivity contribution is -0.116. The summed E-state index contributed by atoms with van der Waals surface area (Å²) in [5, 5.41) is 13.1. The Bertz CT molecular complexity index is 800. The maximum absolute atomic E-state index is 12.3. The molecule has 2 aromatic heterocycles. The second-order valence-corrected chi connectivity index (χ2v) is 7.68. The fraction of sp³-hybridized carbons (Fsp3) is 0.474. The third-order valence-corrected chi connectivity index (χ3v) is 5.69. The van der Waals surface area contributed by atoms with Gasteiger partial charge in [0, 0.05) is 17.8 Å². The number of nitriles is 1. The first-order chi connectivity index (χ1) is 12.1. The Morgan fingerprint density at radius 1 is 1.40 bits per heavy atom. The number of thiophene rings is 1. The van der Waals surface area contributed by atoms with E-state index in [9.17, 15) is 10.1 Å². The second-order valence-electron chi connectivity index (χ2n) is 6.58. The van der Waals surface area contributed by atoms with Crippen LogP contribution in [0.4, 0.5) is 5.00 Å². The van der Waals surface area contributed by atoms with Gasteiger partial charge in [0.1, 0.15) is 22.6 Å².